The summed E-state index contributed by atoms with van der Waals surface area (Å²) >= 11 is 2.65. The lowest BCUT2D eigenvalue weighted by molar-refractivity contribution is 0.0997. The predicted molar refractivity (Wildman–Crippen MR) is 45.4 cm³/mol. The predicted octanol–water partition coefficient (Wildman–Crippen LogP) is 2.02. The highest BCUT2D eigenvalue weighted by atomic mass is 79.9. The molecule has 0 bridgehead atoms. The van der Waals surface area contributed by atoms with Crippen molar-refractivity contribution in [3.8, 4) is 0 Å². The lowest BCUT2D eigenvalue weighted by Crippen LogP contribution is -2.14. The third-order valence-corrected chi connectivity index (χ3v) is 2.23. The fourth-order valence-electron chi connectivity index (χ4n) is 0.802. The molecule has 0 aliphatic carbocycles. The fraction of sp³-hybridized carbons (Fsp3) is 0.143. The van der Waals surface area contributed by atoms with Crippen molar-refractivity contribution >= 4 is 21.8 Å². The monoisotopic (exact) mass is 268 g/mol. The van der Waals surface area contributed by atoms with E-state index >= 15 is 0 Å². The minimum atomic E-state index is -3.03. The van der Waals surface area contributed by atoms with Gasteiger partial charge in [0.15, 0.2) is 5.82 Å². The number of hydrogen-bond acceptors (Lipinski definition) is 2. The van der Waals surface area contributed by atoms with Gasteiger partial charge >= 0.3 is 0 Å². The van der Waals surface area contributed by atoms with Gasteiger partial charge in [0.1, 0.15) is 5.69 Å². The SMILES string of the molecule is NC(=O)c1cnc(C(F)F)c(F)c1Br. The molecule has 0 radical (unpaired) electrons. The number of amides is 1. The molecule has 0 aliphatic heterocycles. The van der Waals surface area contributed by atoms with Crippen molar-refractivity contribution in [2.45, 2.75) is 6.43 Å². The number of primary amides is 1. The van der Waals surface area contributed by atoms with Crippen LogP contribution in [0.25, 0.3) is 0 Å². The number of hydrogen-bond donors (Lipinski definition) is 1. The highest BCUT2D eigenvalue weighted by molar-refractivity contribution is 9.10. The van der Waals surface area contributed by atoms with Gasteiger partial charge in [0.05, 0.1) is 10.0 Å². The van der Waals surface area contributed by atoms with Gasteiger partial charge in [-0.05, 0) is 15.9 Å². The van der Waals surface area contributed by atoms with E-state index in [4.69, 9.17) is 5.73 Å². The second-order valence-electron chi connectivity index (χ2n) is 2.35. The van der Waals surface area contributed by atoms with Gasteiger partial charge in [-0.1, -0.05) is 0 Å². The molecule has 0 unspecified atom stereocenters. The van der Waals surface area contributed by atoms with Crippen LogP contribution in [-0.2, 0) is 0 Å². The topological polar surface area (TPSA) is 56.0 Å². The number of pyridine rings is 1. The van der Waals surface area contributed by atoms with Crippen molar-refractivity contribution in [3.05, 3.63) is 27.7 Å². The first kappa shape index (κ1) is 11.0. The van der Waals surface area contributed by atoms with E-state index in [1.54, 1.807) is 0 Å². The Morgan fingerprint density at radius 1 is 1.57 bits per heavy atom. The molecular formula is C7H4BrF3N2O. The van der Waals surface area contributed by atoms with Crippen LogP contribution in [0.4, 0.5) is 13.2 Å². The van der Waals surface area contributed by atoms with Crippen LogP contribution < -0.4 is 5.73 Å². The largest absolute Gasteiger partial charge is 0.366 e. The van der Waals surface area contributed by atoms with Crippen LogP contribution in [-0.4, -0.2) is 10.9 Å². The van der Waals surface area contributed by atoms with Crippen LogP contribution in [0.1, 0.15) is 22.5 Å². The van der Waals surface area contributed by atoms with Crippen molar-refractivity contribution < 1.29 is 18.0 Å². The van der Waals surface area contributed by atoms with Gasteiger partial charge in [-0.3, -0.25) is 9.78 Å². The van der Waals surface area contributed by atoms with E-state index in [1.165, 1.54) is 0 Å². The molecule has 0 saturated carbocycles. The second kappa shape index (κ2) is 3.95. The van der Waals surface area contributed by atoms with E-state index in [0.29, 0.717) is 0 Å². The molecule has 1 heterocycles. The molecule has 0 aliphatic rings. The average Bonchev–Trinajstić information content (AvgIpc) is 2.08. The van der Waals surface area contributed by atoms with Crippen molar-refractivity contribution in [1.29, 1.82) is 0 Å². The molecule has 1 amide bonds. The summed E-state index contributed by atoms with van der Waals surface area (Å²) in [5.74, 6) is -2.21. The molecule has 0 aromatic carbocycles. The average molecular weight is 269 g/mol. The Bertz CT molecular complexity index is 383. The van der Waals surface area contributed by atoms with Crippen molar-refractivity contribution in [2.24, 2.45) is 5.73 Å². The van der Waals surface area contributed by atoms with Crippen LogP contribution in [0.3, 0.4) is 0 Å². The van der Waals surface area contributed by atoms with Crippen LogP contribution in [0.5, 0.6) is 0 Å². The molecule has 0 atom stereocenters. The summed E-state index contributed by atoms with van der Waals surface area (Å²) in [6.07, 6.45) is -2.23. The quantitative estimate of drug-likeness (QED) is 0.892. The number of alkyl halides is 2. The van der Waals surface area contributed by atoms with Crippen LogP contribution in [0.2, 0.25) is 0 Å². The zero-order chi connectivity index (χ0) is 10.9. The van der Waals surface area contributed by atoms with Gasteiger partial charge in [-0.25, -0.2) is 13.2 Å². The molecule has 76 valence electrons. The van der Waals surface area contributed by atoms with Crippen molar-refractivity contribution in [3.63, 3.8) is 0 Å². The lowest BCUT2D eigenvalue weighted by atomic mass is 10.2. The smallest absolute Gasteiger partial charge is 0.283 e. The molecule has 7 heteroatoms. The van der Waals surface area contributed by atoms with E-state index < -0.39 is 28.3 Å². The van der Waals surface area contributed by atoms with Crippen LogP contribution in [0.15, 0.2) is 10.7 Å². The first-order valence-electron chi connectivity index (χ1n) is 3.37. The summed E-state index contributed by atoms with van der Waals surface area (Å²) in [6, 6.07) is 0. The van der Waals surface area contributed by atoms with Gasteiger partial charge in [0.25, 0.3) is 12.3 Å². The van der Waals surface area contributed by atoms with Gasteiger partial charge in [0.2, 0.25) is 0 Å². The van der Waals surface area contributed by atoms with E-state index in [2.05, 4.69) is 20.9 Å². The normalized spacial score (nSPS) is 10.6. The number of carbonyl (C=O) groups excluding carboxylic acids is 1. The van der Waals surface area contributed by atoms with E-state index in [9.17, 15) is 18.0 Å². The molecular weight excluding hydrogens is 265 g/mol. The standard InChI is InChI=1S/C7H4BrF3N2O/c8-3-2(7(12)14)1-13-5(4(3)9)6(10)11/h1,6H,(H2,12,14). The maximum atomic E-state index is 13.1. The van der Waals surface area contributed by atoms with Crippen molar-refractivity contribution in [2.75, 3.05) is 0 Å². The van der Waals surface area contributed by atoms with Crippen LogP contribution in [0, 0.1) is 5.82 Å². The molecule has 1 aromatic rings. The summed E-state index contributed by atoms with van der Waals surface area (Å²) in [6.45, 7) is 0. The second-order valence-corrected chi connectivity index (χ2v) is 3.14. The Balaban J connectivity index is 3.33. The molecule has 2 N–H and O–H groups in total. The van der Waals surface area contributed by atoms with E-state index in [1.807, 2.05) is 0 Å². The van der Waals surface area contributed by atoms with Crippen molar-refractivity contribution in [1.82, 2.24) is 4.98 Å². The summed E-state index contributed by atoms with van der Waals surface area (Å²) in [4.78, 5) is 13.8. The summed E-state index contributed by atoms with van der Waals surface area (Å²) in [5.41, 5.74) is 3.56. The molecule has 14 heavy (non-hydrogen) atoms. The summed E-state index contributed by atoms with van der Waals surface area (Å²) < 4.78 is 36.9. The Labute approximate surface area is 85.2 Å². The highest BCUT2D eigenvalue weighted by Crippen LogP contribution is 2.27. The zero-order valence-corrected chi connectivity index (χ0v) is 8.19. The third kappa shape index (κ3) is 1.87. The van der Waals surface area contributed by atoms with E-state index in [-0.39, 0.29) is 5.56 Å². The Morgan fingerprint density at radius 2 is 2.14 bits per heavy atom. The first-order valence-corrected chi connectivity index (χ1v) is 4.16. The Morgan fingerprint density at radius 3 is 2.57 bits per heavy atom. The van der Waals surface area contributed by atoms with E-state index in [0.717, 1.165) is 6.20 Å². The number of nitrogens with zero attached hydrogens (tertiary/aromatic N) is 1. The molecule has 0 spiro atoms. The minimum Gasteiger partial charge on any atom is -0.366 e. The first-order chi connectivity index (χ1) is 6.45. The van der Waals surface area contributed by atoms with Gasteiger partial charge < -0.3 is 5.73 Å². The van der Waals surface area contributed by atoms with Gasteiger partial charge in [-0.2, -0.15) is 0 Å². The maximum Gasteiger partial charge on any atom is 0.283 e. The van der Waals surface area contributed by atoms with Crippen LogP contribution >= 0.6 is 15.9 Å². The zero-order valence-electron chi connectivity index (χ0n) is 6.60. The highest BCUT2D eigenvalue weighted by Gasteiger charge is 2.21. The minimum absolute atomic E-state index is 0.271. The number of nitrogens with two attached hydrogens (primary N) is 1. The maximum absolute atomic E-state index is 13.1. The molecule has 0 fully saturated rings. The molecule has 1 rings (SSSR count). The Kier molecular flexibility index (Phi) is 3.10. The molecule has 0 saturated heterocycles. The Hall–Kier alpha value is -1.11. The van der Waals surface area contributed by atoms with Gasteiger partial charge in [-0.15, -0.1) is 0 Å². The fourth-order valence-corrected chi connectivity index (χ4v) is 1.30. The van der Waals surface area contributed by atoms with Gasteiger partial charge in [0, 0.05) is 6.20 Å². The number of halogens is 4. The molecule has 1 aromatic heterocycles. The number of carbonyl (C=O) groups is 1. The lowest BCUT2D eigenvalue weighted by Gasteiger charge is -2.05. The third-order valence-electron chi connectivity index (χ3n) is 1.46. The summed E-state index contributed by atoms with van der Waals surface area (Å²) in [5, 5.41) is 0. The summed E-state index contributed by atoms with van der Waals surface area (Å²) in [7, 11) is 0. The molecule has 3 nitrogen and oxygen atoms in total. The number of rotatable bonds is 2. The number of aromatic nitrogens is 1.